The number of H-pyrrole nitrogens is 2. The average Bonchev–Trinajstić information content (AvgIpc) is 3.75. The van der Waals surface area contributed by atoms with Crippen molar-refractivity contribution in [3.63, 3.8) is 0 Å². The van der Waals surface area contributed by atoms with Crippen molar-refractivity contribution >= 4 is 28.3 Å². The van der Waals surface area contributed by atoms with Crippen molar-refractivity contribution in [2.45, 2.75) is 34.1 Å². The number of hydrogen-bond acceptors (Lipinski definition) is 3. The molecule has 5 nitrogen and oxygen atoms in total. The standard InChI is InChI=1S/C28H22N4.C16H21N/c1-17-3-7-19(8-4-17)27-29-23-13-11-21(15-25(23)31-27)22-12-14-24-26(16-22)32-28(30-24)20-9-5-18(2)6-10-20;1-3-5-7-9-10-12-14-16-17-15-13-11-8-6-4-2/h3-16H,1-2H3,(H,29,31)(H,30,32);3-13,15-16H,14H2,1-2H3. The van der Waals surface area contributed by atoms with Gasteiger partial charge in [-0.05, 0) is 69.2 Å². The van der Waals surface area contributed by atoms with E-state index >= 15 is 0 Å². The first-order valence-electron chi connectivity index (χ1n) is 16.6. The first kappa shape index (κ1) is 34.3. The van der Waals surface area contributed by atoms with Gasteiger partial charge in [0.2, 0.25) is 0 Å². The molecule has 0 unspecified atom stereocenters. The van der Waals surface area contributed by atoms with Gasteiger partial charge < -0.3 is 9.97 Å². The molecule has 0 saturated carbocycles. The second kappa shape index (κ2) is 17.7. The molecule has 0 aliphatic rings. The molecule has 0 atom stereocenters. The Labute approximate surface area is 289 Å². The van der Waals surface area contributed by atoms with Crippen molar-refractivity contribution < 1.29 is 0 Å². The summed E-state index contributed by atoms with van der Waals surface area (Å²) in [4.78, 5) is 20.6. The van der Waals surface area contributed by atoms with Crippen molar-refractivity contribution in [3.8, 4) is 33.9 Å². The zero-order chi connectivity index (χ0) is 34.3. The number of hydrogen-bond donors (Lipinski definition) is 2. The largest absolute Gasteiger partial charge is 0.338 e. The van der Waals surface area contributed by atoms with Crippen molar-refractivity contribution in [1.82, 2.24) is 19.9 Å². The smallest absolute Gasteiger partial charge is 0.138 e. The lowest BCUT2D eigenvalue weighted by atomic mass is 10.0. The molecule has 6 rings (SSSR count). The number of imidazole rings is 2. The highest BCUT2D eigenvalue weighted by Crippen LogP contribution is 2.29. The van der Waals surface area contributed by atoms with Gasteiger partial charge in [0.05, 0.1) is 22.1 Å². The Hall–Kier alpha value is -6.07. The molecular formula is C44H43N5. The quantitative estimate of drug-likeness (QED) is 0.115. The number of rotatable bonds is 10. The van der Waals surface area contributed by atoms with E-state index in [9.17, 15) is 0 Å². The van der Waals surface area contributed by atoms with Gasteiger partial charge in [0.1, 0.15) is 11.6 Å². The fraction of sp³-hybridized carbons (Fsp3) is 0.114. The maximum absolute atomic E-state index is 4.77. The van der Waals surface area contributed by atoms with Crippen LogP contribution in [0, 0.1) is 13.8 Å². The minimum Gasteiger partial charge on any atom is -0.338 e. The van der Waals surface area contributed by atoms with E-state index in [-0.39, 0.29) is 0 Å². The number of allylic oxidation sites excluding steroid dienone is 11. The average molecular weight is 642 g/mol. The molecule has 0 radical (unpaired) electrons. The van der Waals surface area contributed by atoms with Gasteiger partial charge >= 0.3 is 0 Å². The predicted molar refractivity (Wildman–Crippen MR) is 211 cm³/mol. The summed E-state index contributed by atoms with van der Waals surface area (Å²) in [7, 11) is 0. The fourth-order valence-corrected chi connectivity index (χ4v) is 4.99. The van der Waals surface area contributed by atoms with Gasteiger partial charge in [-0.15, -0.1) is 0 Å². The monoisotopic (exact) mass is 641 g/mol. The Balaban J connectivity index is 0.000000236. The summed E-state index contributed by atoms with van der Waals surface area (Å²) in [6.07, 6.45) is 26.4. The summed E-state index contributed by atoms with van der Waals surface area (Å²) in [5.74, 6) is 1.79. The molecular weight excluding hydrogens is 599 g/mol. The van der Waals surface area contributed by atoms with Gasteiger partial charge in [-0.25, -0.2) is 9.97 Å². The number of fused-ring (bicyclic) bond motifs is 2. The minimum atomic E-state index is 0.850. The maximum Gasteiger partial charge on any atom is 0.138 e. The van der Waals surface area contributed by atoms with Crippen LogP contribution in [0.4, 0.5) is 0 Å². The second-order valence-corrected chi connectivity index (χ2v) is 11.5. The Morgan fingerprint density at radius 2 is 0.980 bits per heavy atom. The maximum atomic E-state index is 4.77. The van der Waals surface area contributed by atoms with Gasteiger partial charge in [-0.3, -0.25) is 4.99 Å². The highest BCUT2D eigenvalue weighted by atomic mass is 14.9. The number of aromatic nitrogens is 4. The molecule has 0 amide bonds. The van der Waals surface area contributed by atoms with E-state index in [1.54, 1.807) is 6.20 Å². The zero-order valence-corrected chi connectivity index (χ0v) is 28.6. The third-order valence-electron chi connectivity index (χ3n) is 7.65. The Morgan fingerprint density at radius 3 is 1.47 bits per heavy atom. The molecule has 2 N–H and O–H groups in total. The van der Waals surface area contributed by atoms with Crippen LogP contribution in [0.15, 0.2) is 163 Å². The predicted octanol–water partition coefficient (Wildman–Crippen LogP) is 11.8. The van der Waals surface area contributed by atoms with E-state index in [0.717, 1.165) is 62.4 Å². The summed E-state index contributed by atoms with van der Waals surface area (Å²) < 4.78 is 0. The van der Waals surface area contributed by atoms with Crippen LogP contribution >= 0.6 is 0 Å². The van der Waals surface area contributed by atoms with Gasteiger partial charge in [0.25, 0.3) is 0 Å². The summed E-state index contributed by atoms with van der Waals surface area (Å²) in [5, 5.41) is 0. The molecule has 0 bridgehead atoms. The van der Waals surface area contributed by atoms with Crippen LogP contribution < -0.4 is 0 Å². The number of aromatic amines is 2. The molecule has 2 aromatic heterocycles. The highest BCUT2D eigenvalue weighted by Gasteiger charge is 2.10. The topological polar surface area (TPSA) is 69.7 Å². The van der Waals surface area contributed by atoms with Gasteiger partial charge in [-0.1, -0.05) is 133 Å². The Kier molecular flexibility index (Phi) is 12.4. The lowest BCUT2D eigenvalue weighted by molar-refractivity contribution is 1.33. The second-order valence-electron chi connectivity index (χ2n) is 11.5. The van der Waals surface area contributed by atoms with Gasteiger partial charge in [0, 0.05) is 30.0 Å². The van der Waals surface area contributed by atoms with Crippen LogP contribution in [0.2, 0.25) is 0 Å². The molecule has 0 aliphatic heterocycles. The number of aliphatic imine (C=N–C) groups is 1. The normalized spacial score (nSPS) is 12.4. The van der Waals surface area contributed by atoms with Crippen molar-refractivity contribution in [2.75, 3.05) is 0 Å². The van der Waals surface area contributed by atoms with E-state index in [2.05, 4.69) is 120 Å². The summed E-state index contributed by atoms with van der Waals surface area (Å²) in [6.45, 7) is 8.17. The SMILES string of the molecule is CC=CC=CC=CCC=NC=CC=CC=CC.Cc1ccc(-c2nc3ccc(-c4ccc5nc(-c6ccc(C)cc6)[nH]c5c4)cc3[nH]2)cc1. The summed E-state index contributed by atoms with van der Waals surface area (Å²) >= 11 is 0. The van der Waals surface area contributed by atoms with E-state index in [0.29, 0.717) is 0 Å². The number of benzene rings is 4. The molecule has 244 valence electrons. The van der Waals surface area contributed by atoms with Crippen LogP contribution in [0.5, 0.6) is 0 Å². The molecule has 4 aromatic carbocycles. The van der Waals surface area contributed by atoms with Crippen LogP contribution in [0.1, 0.15) is 31.4 Å². The van der Waals surface area contributed by atoms with E-state index < -0.39 is 0 Å². The molecule has 0 aliphatic carbocycles. The van der Waals surface area contributed by atoms with E-state index in [4.69, 9.17) is 9.97 Å². The number of nitrogens with zero attached hydrogens (tertiary/aromatic N) is 3. The molecule has 0 saturated heterocycles. The highest BCUT2D eigenvalue weighted by molar-refractivity contribution is 5.88. The first-order chi connectivity index (χ1) is 24.0. The van der Waals surface area contributed by atoms with Crippen molar-refractivity contribution in [1.29, 1.82) is 0 Å². The fourth-order valence-electron chi connectivity index (χ4n) is 4.99. The van der Waals surface area contributed by atoms with E-state index in [1.807, 2.05) is 80.8 Å². The molecule has 0 fully saturated rings. The Morgan fingerprint density at radius 1 is 0.531 bits per heavy atom. The lowest BCUT2D eigenvalue weighted by Gasteiger charge is -2.01. The van der Waals surface area contributed by atoms with Crippen molar-refractivity contribution in [3.05, 3.63) is 169 Å². The van der Waals surface area contributed by atoms with Crippen LogP contribution in [-0.4, -0.2) is 26.2 Å². The van der Waals surface area contributed by atoms with Gasteiger partial charge in [0.15, 0.2) is 0 Å². The first-order valence-corrected chi connectivity index (χ1v) is 16.6. The molecule has 0 spiro atoms. The zero-order valence-electron chi connectivity index (χ0n) is 28.6. The van der Waals surface area contributed by atoms with Gasteiger partial charge in [-0.2, -0.15) is 0 Å². The number of nitrogens with one attached hydrogen (secondary N) is 2. The Bertz CT molecular complexity index is 2040. The van der Waals surface area contributed by atoms with Crippen LogP contribution in [-0.2, 0) is 0 Å². The lowest BCUT2D eigenvalue weighted by Crippen LogP contribution is -1.80. The van der Waals surface area contributed by atoms with Crippen molar-refractivity contribution in [2.24, 2.45) is 4.99 Å². The minimum absolute atomic E-state index is 0.850. The molecule has 5 heteroatoms. The number of aryl methyl sites for hydroxylation is 2. The summed E-state index contributed by atoms with van der Waals surface area (Å²) in [5.41, 5.74) is 11.0. The van der Waals surface area contributed by atoms with E-state index in [1.165, 1.54) is 11.1 Å². The molecule has 49 heavy (non-hydrogen) atoms. The van der Waals surface area contributed by atoms with Crippen LogP contribution in [0.25, 0.3) is 56.0 Å². The third-order valence-corrected chi connectivity index (χ3v) is 7.65. The third kappa shape index (κ3) is 9.96. The van der Waals surface area contributed by atoms with Crippen LogP contribution in [0.3, 0.4) is 0 Å². The summed E-state index contributed by atoms with van der Waals surface area (Å²) in [6, 6.07) is 29.6. The molecule has 2 heterocycles. The molecule has 6 aromatic rings.